The fourth-order valence-corrected chi connectivity index (χ4v) is 3.44. The summed E-state index contributed by atoms with van der Waals surface area (Å²) in [6, 6.07) is 7.17. The largest absolute Gasteiger partial charge is 0.310 e. The van der Waals surface area contributed by atoms with Crippen LogP contribution in [-0.4, -0.2) is 12.3 Å². The Morgan fingerprint density at radius 1 is 1.50 bits per heavy atom. The van der Waals surface area contributed by atoms with Crippen molar-refractivity contribution in [1.29, 1.82) is 0 Å². The Hall–Kier alpha value is 0.01000. The maximum Gasteiger partial charge on any atom is 0.0339 e. The summed E-state index contributed by atoms with van der Waals surface area (Å²) in [6.45, 7) is 5.61. The average molecular weight is 300 g/mol. The van der Waals surface area contributed by atoms with Crippen LogP contribution in [0.2, 0.25) is 0 Å². The van der Waals surface area contributed by atoms with Gasteiger partial charge < -0.3 is 5.32 Å². The van der Waals surface area contributed by atoms with Crippen LogP contribution in [0.25, 0.3) is 0 Å². The lowest BCUT2D eigenvalue weighted by molar-refractivity contribution is 0.459. The molecule has 1 unspecified atom stereocenters. The fraction of sp³-hybridized carbons (Fsp3) is 0.538. The number of fused-ring (bicyclic) bond motifs is 1. The van der Waals surface area contributed by atoms with Gasteiger partial charge in [-0.3, -0.25) is 0 Å². The zero-order valence-electron chi connectivity index (χ0n) is 9.79. The van der Waals surface area contributed by atoms with Crippen molar-refractivity contribution >= 4 is 27.7 Å². The van der Waals surface area contributed by atoms with Crippen molar-refractivity contribution in [3.05, 3.63) is 28.2 Å². The van der Waals surface area contributed by atoms with E-state index in [2.05, 4.69) is 53.3 Å². The van der Waals surface area contributed by atoms with Gasteiger partial charge in [-0.25, -0.2) is 0 Å². The van der Waals surface area contributed by atoms with Crippen molar-refractivity contribution in [2.75, 3.05) is 12.3 Å². The summed E-state index contributed by atoms with van der Waals surface area (Å²) in [5.74, 6) is 1.94. The molecular formula is C13H18BrNS. The second-order valence-electron chi connectivity index (χ2n) is 4.67. The SMILES string of the molecule is CC(C)CNC1CCSc2ccc(Br)cc21. The van der Waals surface area contributed by atoms with Gasteiger partial charge in [0.05, 0.1) is 0 Å². The molecule has 1 aliphatic rings. The number of benzene rings is 1. The Morgan fingerprint density at radius 2 is 2.31 bits per heavy atom. The molecule has 1 aliphatic heterocycles. The van der Waals surface area contributed by atoms with Gasteiger partial charge in [-0.2, -0.15) is 0 Å². The van der Waals surface area contributed by atoms with Crippen LogP contribution >= 0.6 is 27.7 Å². The van der Waals surface area contributed by atoms with E-state index in [0.29, 0.717) is 12.0 Å². The monoisotopic (exact) mass is 299 g/mol. The van der Waals surface area contributed by atoms with Gasteiger partial charge in [0.25, 0.3) is 0 Å². The number of hydrogen-bond donors (Lipinski definition) is 1. The van der Waals surface area contributed by atoms with E-state index >= 15 is 0 Å². The molecule has 1 N–H and O–H groups in total. The molecule has 2 rings (SSSR count). The minimum absolute atomic E-state index is 0.538. The molecule has 0 saturated heterocycles. The standard InChI is InChI=1S/C13H18BrNS/c1-9(2)8-15-12-5-6-16-13-4-3-10(14)7-11(12)13/h3-4,7,9,12,15H,5-6,8H2,1-2H3. The second kappa shape index (κ2) is 5.56. The Bertz CT molecular complexity index is 365. The third kappa shape index (κ3) is 3.02. The molecule has 0 spiro atoms. The Kier molecular flexibility index (Phi) is 4.34. The summed E-state index contributed by atoms with van der Waals surface area (Å²) < 4.78 is 1.19. The minimum atomic E-state index is 0.538. The van der Waals surface area contributed by atoms with Crippen molar-refractivity contribution in [3.8, 4) is 0 Å². The average Bonchev–Trinajstić information content (AvgIpc) is 2.26. The third-order valence-corrected chi connectivity index (χ3v) is 4.40. The Balaban J connectivity index is 2.15. The van der Waals surface area contributed by atoms with Crippen molar-refractivity contribution in [3.63, 3.8) is 0 Å². The molecule has 0 radical (unpaired) electrons. The molecule has 0 aliphatic carbocycles. The first-order chi connectivity index (χ1) is 7.66. The summed E-state index contributed by atoms with van der Waals surface area (Å²) in [4.78, 5) is 1.44. The van der Waals surface area contributed by atoms with Crippen LogP contribution in [0.15, 0.2) is 27.6 Å². The van der Waals surface area contributed by atoms with Gasteiger partial charge in [-0.15, -0.1) is 11.8 Å². The van der Waals surface area contributed by atoms with Gasteiger partial charge in [-0.1, -0.05) is 29.8 Å². The van der Waals surface area contributed by atoms with E-state index in [1.807, 2.05) is 11.8 Å². The van der Waals surface area contributed by atoms with Gasteiger partial charge in [0.15, 0.2) is 0 Å². The predicted octanol–water partition coefficient (Wildman–Crippen LogP) is 4.23. The molecule has 1 atom stereocenters. The zero-order valence-corrected chi connectivity index (χ0v) is 12.2. The van der Waals surface area contributed by atoms with Gasteiger partial charge >= 0.3 is 0 Å². The van der Waals surface area contributed by atoms with Crippen LogP contribution in [0, 0.1) is 5.92 Å². The van der Waals surface area contributed by atoms with Crippen LogP contribution in [0.3, 0.4) is 0 Å². The topological polar surface area (TPSA) is 12.0 Å². The molecule has 88 valence electrons. The molecule has 1 nitrogen and oxygen atoms in total. The smallest absolute Gasteiger partial charge is 0.0339 e. The summed E-state index contributed by atoms with van der Waals surface area (Å²) >= 11 is 5.54. The molecule has 0 aromatic heterocycles. The number of rotatable bonds is 3. The highest BCUT2D eigenvalue weighted by atomic mass is 79.9. The molecule has 0 amide bonds. The van der Waals surface area contributed by atoms with Crippen LogP contribution in [0.4, 0.5) is 0 Å². The van der Waals surface area contributed by atoms with E-state index in [4.69, 9.17) is 0 Å². The van der Waals surface area contributed by atoms with Crippen LogP contribution in [0.5, 0.6) is 0 Å². The summed E-state index contributed by atoms with van der Waals surface area (Å²) in [5.41, 5.74) is 1.46. The van der Waals surface area contributed by atoms with E-state index < -0.39 is 0 Å². The van der Waals surface area contributed by atoms with E-state index in [1.165, 1.54) is 27.1 Å². The number of hydrogen-bond acceptors (Lipinski definition) is 2. The first-order valence-corrected chi connectivity index (χ1v) is 7.60. The number of halogens is 1. The quantitative estimate of drug-likeness (QED) is 0.896. The first kappa shape index (κ1) is 12.5. The number of nitrogens with one attached hydrogen (secondary N) is 1. The minimum Gasteiger partial charge on any atom is -0.310 e. The number of thioether (sulfide) groups is 1. The van der Waals surface area contributed by atoms with Gasteiger partial charge in [0, 0.05) is 15.4 Å². The highest BCUT2D eigenvalue weighted by molar-refractivity contribution is 9.10. The van der Waals surface area contributed by atoms with E-state index in [1.54, 1.807) is 0 Å². The maximum absolute atomic E-state index is 3.67. The first-order valence-electron chi connectivity index (χ1n) is 5.82. The molecule has 16 heavy (non-hydrogen) atoms. The van der Waals surface area contributed by atoms with Crippen molar-refractivity contribution in [2.45, 2.75) is 31.2 Å². The van der Waals surface area contributed by atoms with Gasteiger partial charge in [0.2, 0.25) is 0 Å². The van der Waals surface area contributed by atoms with Crippen LogP contribution < -0.4 is 5.32 Å². The maximum atomic E-state index is 3.67. The molecular weight excluding hydrogens is 282 g/mol. The second-order valence-corrected chi connectivity index (χ2v) is 6.73. The van der Waals surface area contributed by atoms with E-state index in [9.17, 15) is 0 Å². The molecule has 3 heteroatoms. The van der Waals surface area contributed by atoms with Gasteiger partial charge in [0.1, 0.15) is 0 Å². The summed E-state index contributed by atoms with van der Waals surface area (Å²) in [5, 5.41) is 3.67. The van der Waals surface area contributed by atoms with Gasteiger partial charge in [-0.05, 0) is 48.4 Å². The highest BCUT2D eigenvalue weighted by Gasteiger charge is 2.20. The van der Waals surface area contributed by atoms with Crippen LogP contribution in [-0.2, 0) is 0 Å². The lowest BCUT2D eigenvalue weighted by Gasteiger charge is -2.27. The van der Waals surface area contributed by atoms with Crippen molar-refractivity contribution < 1.29 is 0 Å². The predicted molar refractivity (Wildman–Crippen MR) is 75.1 cm³/mol. The molecule has 0 bridgehead atoms. The molecule has 1 aromatic carbocycles. The highest BCUT2D eigenvalue weighted by Crippen LogP contribution is 2.37. The fourth-order valence-electron chi connectivity index (χ4n) is 1.96. The molecule has 1 heterocycles. The lowest BCUT2D eigenvalue weighted by atomic mass is 10.0. The van der Waals surface area contributed by atoms with Crippen LogP contribution in [0.1, 0.15) is 31.9 Å². The molecule has 0 saturated carbocycles. The van der Waals surface area contributed by atoms with Crippen molar-refractivity contribution in [1.82, 2.24) is 5.32 Å². The lowest BCUT2D eigenvalue weighted by Crippen LogP contribution is -2.27. The summed E-state index contributed by atoms with van der Waals surface area (Å²) in [6.07, 6.45) is 1.24. The third-order valence-electron chi connectivity index (χ3n) is 2.78. The van der Waals surface area contributed by atoms with Crippen molar-refractivity contribution in [2.24, 2.45) is 5.92 Å². The Labute approximate surface area is 111 Å². The molecule has 0 fully saturated rings. The summed E-state index contributed by atoms with van der Waals surface area (Å²) in [7, 11) is 0. The molecule has 1 aromatic rings. The zero-order chi connectivity index (χ0) is 11.5. The normalized spacial score (nSPS) is 19.9. The van der Waals surface area contributed by atoms with E-state index in [-0.39, 0.29) is 0 Å². The Morgan fingerprint density at radius 3 is 3.06 bits per heavy atom. The van der Waals surface area contributed by atoms with E-state index in [0.717, 1.165) is 6.54 Å².